The first-order valence-electron chi connectivity index (χ1n) is 6.27. The van der Waals surface area contributed by atoms with E-state index in [2.05, 4.69) is 59.1 Å². The topological polar surface area (TPSA) is 27.1 Å². The Morgan fingerprint density at radius 3 is 2.65 bits per heavy atom. The van der Waals surface area contributed by atoms with Crippen molar-refractivity contribution in [3.63, 3.8) is 0 Å². The maximum atomic E-state index is 5.41. The highest BCUT2D eigenvalue weighted by atomic mass is 127. The average Bonchev–Trinajstić information content (AvgIpc) is 2.60. The van der Waals surface area contributed by atoms with Gasteiger partial charge in [-0.2, -0.15) is 0 Å². The zero-order valence-corrected chi connectivity index (χ0v) is 13.0. The summed E-state index contributed by atoms with van der Waals surface area (Å²) < 4.78 is 8.86. The number of hydrogen-bond acceptors (Lipinski definition) is 2. The van der Waals surface area contributed by atoms with Crippen LogP contribution in [0.25, 0.3) is 0 Å². The van der Waals surface area contributed by atoms with Gasteiger partial charge in [0.1, 0.15) is 9.53 Å². The lowest BCUT2D eigenvalue weighted by Gasteiger charge is -2.25. The zero-order valence-electron chi connectivity index (χ0n) is 10.9. The molecule has 4 heteroatoms. The summed E-state index contributed by atoms with van der Waals surface area (Å²) in [6.07, 6.45) is 4.54. The van der Waals surface area contributed by atoms with Gasteiger partial charge < -0.3 is 9.30 Å². The Kier molecular flexibility index (Phi) is 4.13. The lowest BCUT2D eigenvalue weighted by molar-refractivity contribution is 0.0607. The van der Waals surface area contributed by atoms with E-state index in [9.17, 15) is 0 Å². The Bertz CT molecular complexity index is 375. The number of imidazole rings is 1. The molecule has 3 nitrogen and oxygen atoms in total. The molecule has 0 atom stereocenters. The van der Waals surface area contributed by atoms with E-state index in [1.165, 1.54) is 18.7 Å². The fourth-order valence-corrected chi connectivity index (χ4v) is 2.89. The van der Waals surface area contributed by atoms with Crippen LogP contribution in [0.15, 0.2) is 6.20 Å². The first kappa shape index (κ1) is 13.3. The predicted molar refractivity (Wildman–Crippen MR) is 77.2 cm³/mol. The van der Waals surface area contributed by atoms with Crippen LogP contribution in [-0.2, 0) is 16.7 Å². The molecule has 2 heterocycles. The monoisotopic (exact) mass is 348 g/mol. The molecule has 0 amide bonds. The van der Waals surface area contributed by atoms with Crippen molar-refractivity contribution in [3.05, 3.63) is 15.7 Å². The third kappa shape index (κ3) is 3.44. The lowest BCUT2D eigenvalue weighted by Crippen LogP contribution is -2.24. The first-order valence-corrected chi connectivity index (χ1v) is 7.35. The summed E-state index contributed by atoms with van der Waals surface area (Å²) in [5.74, 6) is 1.95. The van der Waals surface area contributed by atoms with Crippen LogP contribution in [0, 0.1) is 9.62 Å². The van der Waals surface area contributed by atoms with Crippen molar-refractivity contribution in [1.82, 2.24) is 9.55 Å². The standard InChI is InChI=1S/C13H21IN2O/c1-13(2,3)12-15-11(14)9-16(12)8-10-4-6-17-7-5-10/h9-10H,4-8H2,1-3H3. The molecule has 17 heavy (non-hydrogen) atoms. The van der Waals surface area contributed by atoms with Gasteiger partial charge in [-0.3, -0.25) is 0 Å². The van der Waals surface area contributed by atoms with Crippen molar-refractivity contribution in [2.24, 2.45) is 5.92 Å². The van der Waals surface area contributed by atoms with Crippen LogP contribution in [0.5, 0.6) is 0 Å². The van der Waals surface area contributed by atoms with Crippen molar-refractivity contribution < 1.29 is 4.74 Å². The Morgan fingerprint density at radius 2 is 2.06 bits per heavy atom. The van der Waals surface area contributed by atoms with Gasteiger partial charge in [0.2, 0.25) is 0 Å². The Hall–Kier alpha value is -0.100. The molecule has 1 aliphatic rings. The third-order valence-corrected chi connectivity index (χ3v) is 3.73. The average molecular weight is 348 g/mol. The van der Waals surface area contributed by atoms with Crippen LogP contribution < -0.4 is 0 Å². The number of ether oxygens (including phenoxy) is 1. The van der Waals surface area contributed by atoms with Crippen LogP contribution in [-0.4, -0.2) is 22.8 Å². The highest BCUT2D eigenvalue weighted by Crippen LogP contribution is 2.25. The molecule has 0 unspecified atom stereocenters. The van der Waals surface area contributed by atoms with Crippen LogP contribution in [0.3, 0.4) is 0 Å². The molecule has 0 radical (unpaired) electrons. The summed E-state index contributed by atoms with van der Waals surface area (Å²) in [6.45, 7) is 9.61. The summed E-state index contributed by atoms with van der Waals surface area (Å²) in [7, 11) is 0. The molecule has 1 aromatic heterocycles. The van der Waals surface area contributed by atoms with Gasteiger partial charge in [-0.15, -0.1) is 0 Å². The van der Waals surface area contributed by atoms with Gasteiger partial charge in [0.05, 0.1) is 0 Å². The van der Waals surface area contributed by atoms with Gasteiger partial charge >= 0.3 is 0 Å². The van der Waals surface area contributed by atoms with Crippen LogP contribution in [0.1, 0.15) is 39.4 Å². The minimum Gasteiger partial charge on any atom is -0.381 e. The van der Waals surface area contributed by atoms with Gasteiger partial charge in [0.25, 0.3) is 0 Å². The zero-order chi connectivity index (χ0) is 12.5. The van der Waals surface area contributed by atoms with E-state index in [0.29, 0.717) is 0 Å². The van der Waals surface area contributed by atoms with Crippen LogP contribution in [0.4, 0.5) is 0 Å². The Labute approximate surface area is 117 Å². The predicted octanol–water partition coefficient (Wildman–Crippen LogP) is 3.21. The maximum Gasteiger partial charge on any atom is 0.119 e. The quantitative estimate of drug-likeness (QED) is 0.768. The molecular formula is C13H21IN2O. The molecule has 1 fully saturated rings. The van der Waals surface area contributed by atoms with Gasteiger partial charge in [0.15, 0.2) is 0 Å². The fraction of sp³-hybridized carbons (Fsp3) is 0.769. The van der Waals surface area contributed by atoms with Crippen LogP contribution in [0.2, 0.25) is 0 Å². The summed E-state index contributed by atoms with van der Waals surface area (Å²) in [4.78, 5) is 4.67. The van der Waals surface area contributed by atoms with Gasteiger partial charge in [0, 0.05) is 31.4 Å². The van der Waals surface area contributed by atoms with E-state index in [1.807, 2.05) is 0 Å². The highest BCUT2D eigenvalue weighted by Gasteiger charge is 2.23. The van der Waals surface area contributed by atoms with Gasteiger partial charge in [-0.05, 0) is 41.4 Å². The minimum absolute atomic E-state index is 0.120. The normalized spacial score (nSPS) is 18.6. The summed E-state index contributed by atoms with van der Waals surface area (Å²) >= 11 is 2.30. The molecule has 0 saturated carbocycles. The number of aromatic nitrogens is 2. The molecule has 1 aliphatic heterocycles. The lowest BCUT2D eigenvalue weighted by atomic mass is 9.94. The van der Waals surface area contributed by atoms with Crippen molar-refractivity contribution in [2.45, 2.75) is 45.6 Å². The molecule has 0 N–H and O–H groups in total. The van der Waals surface area contributed by atoms with E-state index in [-0.39, 0.29) is 5.41 Å². The van der Waals surface area contributed by atoms with E-state index >= 15 is 0 Å². The van der Waals surface area contributed by atoms with Crippen molar-refractivity contribution >= 4 is 22.6 Å². The molecule has 2 rings (SSSR count). The van der Waals surface area contributed by atoms with Crippen molar-refractivity contribution in [2.75, 3.05) is 13.2 Å². The Balaban J connectivity index is 2.14. The molecule has 1 saturated heterocycles. The number of rotatable bonds is 2. The smallest absolute Gasteiger partial charge is 0.119 e. The number of nitrogens with zero attached hydrogens (tertiary/aromatic N) is 2. The highest BCUT2D eigenvalue weighted by molar-refractivity contribution is 14.1. The minimum atomic E-state index is 0.120. The molecule has 0 aromatic carbocycles. The summed E-state index contributed by atoms with van der Waals surface area (Å²) in [6, 6.07) is 0. The number of halogens is 1. The maximum absolute atomic E-state index is 5.41. The number of hydrogen-bond donors (Lipinski definition) is 0. The summed E-state index contributed by atoms with van der Waals surface area (Å²) in [5.41, 5.74) is 0.120. The first-order chi connectivity index (χ1) is 7.97. The van der Waals surface area contributed by atoms with E-state index in [0.717, 1.165) is 29.4 Å². The molecule has 0 spiro atoms. The van der Waals surface area contributed by atoms with E-state index in [4.69, 9.17) is 4.74 Å². The molecular weight excluding hydrogens is 327 g/mol. The Morgan fingerprint density at radius 1 is 1.41 bits per heavy atom. The van der Waals surface area contributed by atoms with Gasteiger partial charge in [-0.1, -0.05) is 20.8 Å². The second-order valence-electron chi connectivity index (χ2n) is 5.85. The SMILES string of the molecule is CC(C)(C)c1nc(I)cn1CC1CCOCC1. The second-order valence-corrected chi connectivity index (χ2v) is 6.95. The van der Waals surface area contributed by atoms with Crippen molar-refractivity contribution in [3.8, 4) is 0 Å². The second kappa shape index (κ2) is 5.26. The largest absolute Gasteiger partial charge is 0.381 e. The molecule has 96 valence electrons. The van der Waals surface area contributed by atoms with Crippen LogP contribution >= 0.6 is 22.6 Å². The molecule has 0 aliphatic carbocycles. The third-order valence-electron chi connectivity index (χ3n) is 3.21. The van der Waals surface area contributed by atoms with E-state index < -0.39 is 0 Å². The summed E-state index contributed by atoms with van der Waals surface area (Å²) in [5, 5.41) is 0. The molecule has 1 aromatic rings. The van der Waals surface area contributed by atoms with Gasteiger partial charge in [-0.25, -0.2) is 4.98 Å². The van der Waals surface area contributed by atoms with E-state index in [1.54, 1.807) is 0 Å². The molecule has 0 bridgehead atoms. The van der Waals surface area contributed by atoms with Crippen molar-refractivity contribution in [1.29, 1.82) is 0 Å². The fourth-order valence-electron chi connectivity index (χ4n) is 2.33.